The molecule has 1 aliphatic heterocycles. The summed E-state index contributed by atoms with van der Waals surface area (Å²) in [5.74, 6) is -0.912. The zero-order valence-electron chi connectivity index (χ0n) is 12.6. The third kappa shape index (κ3) is 4.24. The van der Waals surface area contributed by atoms with Crippen molar-refractivity contribution in [3.05, 3.63) is 35.6 Å². The number of aliphatic hydroxyl groups is 3. The predicted molar refractivity (Wildman–Crippen MR) is 76.6 cm³/mol. The van der Waals surface area contributed by atoms with E-state index in [2.05, 4.69) is 5.32 Å². The fourth-order valence-electron chi connectivity index (χ4n) is 2.40. The molecule has 5 unspecified atom stereocenters. The molecule has 23 heavy (non-hydrogen) atoms. The number of carbonyl (C=O) groups is 1. The lowest BCUT2D eigenvalue weighted by Gasteiger charge is -2.42. The molecule has 1 fully saturated rings. The van der Waals surface area contributed by atoms with Gasteiger partial charge in [0.15, 0.2) is 6.29 Å². The molecule has 0 radical (unpaired) electrons. The third-order valence-corrected chi connectivity index (χ3v) is 3.61. The Morgan fingerprint density at radius 1 is 1.35 bits per heavy atom. The van der Waals surface area contributed by atoms with Gasteiger partial charge in [0.1, 0.15) is 30.2 Å². The van der Waals surface area contributed by atoms with Crippen molar-refractivity contribution in [2.45, 2.75) is 44.2 Å². The number of aliphatic hydroxyl groups excluding tert-OH is 3. The lowest BCUT2D eigenvalue weighted by molar-refractivity contribution is -0.273. The molecule has 7 nitrogen and oxygen atoms in total. The van der Waals surface area contributed by atoms with Gasteiger partial charge in [0, 0.05) is 12.5 Å². The van der Waals surface area contributed by atoms with Crippen LogP contribution < -0.4 is 5.32 Å². The van der Waals surface area contributed by atoms with Crippen molar-refractivity contribution < 1.29 is 34.0 Å². The number of nitrogens with one attached hydrogen (secondary N) is 1. The van der Waals surface area contributed by atoms with Gasteiger partial charge in [0.05, 0.1) is 13.2 Å². The number of hydrogen-bond acceptors (Lipinski definition) is 6. The Hall–Kier alpha value is -1.58. The van der Waals surface area contributed by atoms with Gasteiger partial charge in [-0.1, -0.05) is 18.2 Å². The molecular weight excluding hydrogens is 309 g/mol. The average molecular weight is 329 g/mol. The topological polar surface area (TPSA) is 108 Å². The molecule has 1 amide bonds. The number of benzene rings is 1. The van der Waals surface area contributed by atoms with E-state index >= 15 is 0 Å². The Kier molecular flexibility index (Phi) is 6.03. The molecular formula is C15H20FNO6. The molecule has 8 heteroatoms. The molecule has 1 aromatic carbocycles. The number of amides is 1. The van der Waals surface area contributed by atoms with Crippen LogP contribution in [0.4, 0.5) is 4.39 Å². The molecule has 1 aliphatic rings. The SMILES string of the molecule is CC(=O)NC1C(OCc2ccccc2F)OC(CO)C(O)C1O. The smallest absolute Gasteiger partial charge is 0.217 e. The summed E-state index contributed by atoms with van der Waals surface area (Å²) in [6.07, 6.45) is -4.99. The second-order valence-corrected chi connectivity index (χ2v) is 5.34. The maximum Gasteiger partial charge on any atom is 0.217 e. The maximum atomic E-state index is 13.6. The van der Waals surface area contributed by atoms with Gasteiger partial charge in [-0.25, -0.2) is 4.39 Å². The number of rotatable bonds is 5. The minimum atomic E-state index is -1.39. The first-order valence-corrected chi connectivity index (χ1v) is 7.18. The maximum absolute atomic E-state index is 13.6. The van der Waals surface area contributed by atoms with Gasteiger partial charge in [0.25, 0.3) is 0 Å². The van der Waals surface area contributed by atoms with Crippen molar-refractivity contribution in [1.82, 2.24) is 5.32 Å². The highest BCUT2D eigenvalue weighted by Gasteiger charge is 2.45. The summed E-state index contributed by atoms with van der Waals surface area (Å²) >= 11 is 0. The van der Waals surface area contributed by atoms with Crippen LogP contribution in [0.25, 0.3) is 0 Å². The van der Waals surface area contributed by atoms with Crippen LogP contribution in [0.1, 0.15) is 12.5 Å². The van der Waals surface area contributed by atoms with Crippen molar-refractivity contribution in [1.29, 1.82) is 0 Å². The Morgan fingerprint density at radius 2 is 2.04 bits per heavy atom. The average Bonchev–Trinajstić information content (AvgIpc) is 2.52. The molecule has 5 atom stereocenters. The Balaban J connectivity index is 2.11. The molecule has 2 rings (SSSR count). The fraction of sp³-hybridized carbons (Fsp3) is 0.533. The van der Waals surface area contributed by atoms with E-state index in [0.717, 1.165) is 0 Å². The van der Waals surface area contributed by atoms with E-state index in [4.69, 9.17) is 9.47 Å². The van der Waals surface area contributed by atoms with Gasteiger partial charge in [-0.2, -0.15) is 0 Å². The monoisotopic (exact) mass is 329 g/mol. The molecule has 4 N–H and O–H groups in total. The number of carbonyl (C=O) groups excluding carboxylic acids is 1. The van der Waals surface area contributed by atoms with E-state index in [1.54, 1.807) is 6.07 Å². The molecule has 0 spiro atoms. The Bertz CT molecular complexity index is 542. The van der Waals surface area contributed by atoms with Gasteiger partial charge >= 0.3 is 0 Å². The highest BCUT2D eigenvalue weighted by Crippen LogP contribution is 2.23. The fourth-order valence-corrected chi connectivity index (χ4v) is 2.40. The highest BCUT2D eigenvalue weighted by atomic mass is 19.1. The zero-order valence-corrected chi connectivity index (χ0v) is 12.6. The van der Waals surface area contributed by atoms with Crippen LogP contribution in [0.2, 0.25) is 0 Å². The van der Waals surface area contributed by atoms with Crippen molar-refractivity contribution in [3.63, 3.8) is 0 Å². The molecule has 0 aliphatic carbocycles. The Labute approximate surface area is 132 Å². The predicted octanol–water partition coefficient (Wildman–Crippen LogP) is -0.714. The van der Waals surface area contributed by atoms with Gasteiger partial charge in [0.2, 0.25) is 5.91 Å². The van der Waals surface area contributed by atoms with Crippen LogP contribution in [-0.2, 0) is 20.9 Å². The minimum absolute atomic E-state index is 0.158. The summed E-state index contributed by atoms with van der Waals surface area (Å²) in [5, 5.41) is 31.6. The Morgan fingerprint density at radius 3 is 2.65 bits per heavy atom. The molecule has 1 aromatic rings. The lowest BCUT2D eigenvalue weighted by Crippen LogP contribution is -2.64. The van der Waals surface area contributed by atoms with Crippen molar-refractivity contribution >= 4 is 5.91 Å². The summed E-state index contributed by atoms with van der Waals surface area (Å²) in [7, 11) is 0. The zero-order chi connectivity index (χ0) is 17.0. The quantitative estimate of drug-likeness (QED) is 0.568. The first kappa shape index (κ1) is 17.8. The van der Waals surface area contributed by atoms with Crippen LogP contribution in [0, 0.1) is 5.82 Å². The largest absolute Gasteiger partial charge is 0.394 e. The molecule has 1 saturated heterocycles. The van der Waals surface area contributed by atoms with Crippen LogP contribution in [0.5, 0.6) is 0 Å². The van der Waals surface area contributed by atoms with Crippen LogP contribution >= 0.6 is 0 Å². The summed E-state index contributed by atoms with van der Waals surface area (Å²) in [6, 6.07) is 4.94. The minimum Gasteiger partial charge on any atom is -0.394 e. The van der Waals surface area contributed by atoms with E-state index < -0.39 is 49.0 Å². The van der Waals surface area contributed by atoms with Crippen molar-refractivity contribution in [3.8, 4) is 0 Å². The highest BCUT2D eigenvalue weighted by molar-refractivity contribution is 5.73. The molecule has 0 bridgehead atoms. The second kappa shape index (κ2) is 7.80. The normalized spacial score (nSPS) is 30.9. The summed E-state index contributed by atoms with van der Waals surface area (Å²) in [6.45, 7) is 0.546. The van der Waals surface area contributed by atoms with Crippen LogP contribution in [-0.4, -0.2) is 58.5 Å². The van der Waals surface area contributed by atoms with E-state index in [1.807, 2.05) is 0 Å². The van der Waals surface area contributed by atoms with E-state index in [0.29, 0.717) is 0 Å². The number of halogens is 1. The van der Waals surface area contributed by atoms with Crippen LogP contribution in [0.3, 0.4) is 0 Å². The van der Waals surface area contributed by atoms with Gasteiger partial charge in [-0.05, 0) is 6.07 Å². The third-order valence-electron chi connectivity index (χ3n) is 3.61. The molecule has 0 saturated carbocycles. The summed E-state index contributed by atoms with van der Waals surface area (Å²) < 4.78 is 24.4. The van der Waals surface area contributed by atoms with Crippen molar-refractivity contribution in [2.24, 2.45) is 0 Å². The van der Waals surface area contributed by atoms with Crippen molar-refractivity contribution in [2.75, 3.05) is 6.61 Å². The van der Waals surface area contributed by atoms with Gasteiger partial charge < -0.3 is 30.1 Å². The van der Waals surface area contributed by atoms with Gasteiger partial charge in [-0.3, -0.25) is 4.79 Å². The number of hydrogen-bond donors (Lipinski definition) is 4. The summed E-state index contributed by atoms with van der Waals surface area (Å²) in [4.78, 5) is 11.3. The first-order valence-electron chi connectivity index (χ1n) is 7.18. The first-order chi connectivity index (χ1) is 10.9. The van der Waals surface area contributed by atoms with Crippen LogP contribution in [0.15, 0.2) is 24.3 Å². The standard InChI is InChI=1S/C15H20FNO6/c1-8(19)17-12-14(21)13(20)11(6-18)23-15(12)22-7-9-4-2-3-5-10(9)16/h2-5,11-15,18,20-21H,6-7H2,1H3,(H,17,19). The van der Waals surface area contributed by atoms with E-state index in [1.165, 1.54) is 25.1 Å². The lowest BCUT2D eigenvalue weighted by atomic mass is 9.97. The van der Waals surface area contributed by atoms with E-state index in [-0.39, 0.29) is 12.2 Å². The van der Waals surface area contributed by atoms with E-state index in [9.17, 15) is 24.5 Å². The molecule has 128 valence electrons. The molecule has 1 heterocycles. The second-order valence-electron chi connectivity index (χ2n) is 5.34. The number of ether oxygens (including phenoxy) is 2. The van der Waals surface area contributed by atoms with Gasteiger partial charge in [-0.15, -0.1) is 0 Å². The molecule has 0 aromatic heterocycles. The summed E-state index contributed by atoms with van der Waals surface area (Å²) in [5.41, 5.74) is 0.277.